The Morgan fingerprint density at radius 3 is 3.12 bits per heavy atom. The lowest BCUT2D eigenvalue weighted by atomic mass is 10.3. The molecule has 17 heavy (non-hydrogen) atoms. The van der Waals surface area contributed by atoms with Gasteiger partial charge in [-0.05, 0) is 18.2 Å². The predicted octanol–water partition coefficient (Wildman–Crippen LogP) is 1.54. The number of carbonyl (C=O) groups excluding carboxylic acids is 1. The Labute approximate surface area is 96.1 Å². The van der Waals surface area contributed by atoms with Crippen LogP contribution in [0.5, 0.6) is 0 Å². The smallest absolute Gasteiger partial charge is 0.272 e. The minimum absolute atomic E-state index is 0.218. The van der Waals surface area contributed by atoms with E-state index < -0.39 is 0 Å². The van der Waals surface area contributed by atoms with E-state index in [2.05, 4.69) is 25.5 Å². The van der Waals surface area contributed by atoms with Gasteiger partial charge in [0.2, 0.25) is 0 Å². The van der Waals surface area contributed by atoms with Crippen molar-refractivity contribution in [3.8, 4) is 0 Å². The SMILES string of the molecule is O=C(Nc1cn[nH]c1)c1cc2cccnc2[nH]1. The third-order valence-electron chi connectivity index (χ3n) is 2.39. The zero-order chi connectivity index (χ0) is 11.7. The Hall–Kier alpha value is -2.63. The number of amides is 1. The second-order valence-electron chi connectivity index (χ2n) is 3.57. The second kappa shape index (κ2) is 3.75. The maximum absolute atomic E-state index is 11.9. The third kappa shape index (κ3) is 1.76. The highest BCUT2D eigenvalue weighted by molar-refractivity contribution is 6.05. The van der Waals surface area contributed by atoms with Gasteiger partial charge < -0.3 is 10.3 Å². The fourth-order valence-electron chi connectivity index (χ4n) is 1.60. The van der Waals surface area contributed by atoms with Crippen molar-refractivity contribution < 1.29 is 4.79 Å². The average molecular weight is 227 g/mol. The summed E-state index contributed by atoms with van der Waals surface area (Å²) in [7, 11) is 0. The largest absolute Gasteiger partial charge is 0.335 e. The zero-order valence-electron chi connectivity index (χ0n) is 8.77. The Bertz CT molecular complexity index is 622. The molecule has 3 heterocycles. The average Bonchev–Trinajstić information content (AvgIpc) is 2.96. The van der Waals surface area contributed by atoms with E-state index in [4.69, 9.17) is 0 Å². The van der Waals surface area contributed by atoms with Gasteiger partial charge in [-0.1, -0.05) is 0 Å². The number of pyridine rings is 1. The van der Waals surface area contributed by atoms with E-state index in [-0.39, 0.29) is 5.91 Å². The lowest BCUT2D eigenvalue weighted by Crippen LogP contribution is -2.11. The number of anilines is 1. The molecule has 3 rings (SSSR count). The first kappa shape index (κ1) is 9.59. The molecule has 0 radical (unpaired) electrons. The molecular formula is C11H9N5O. The minimum Gasteiger partial charge on any atom is -0.335 e. The summed E-state index contributed by atoms with van der Waals surface area (Å²) in [4.78, 5) is 19.0. The molecule has 0 aliphatic rings. The highest BCUT2D eigenvalue weighted by Crippen LogP contribution is 2.13. The topological polar surface area (TPSA) is 86.5 Å². The summed E-state index contributed by atoms with van der Waals surface area (Å²) in [6.07, 6.45) is 4.83. The molecule has 84 valence electrons. The van der Waals surface area contributed by atoms with Crippen molar-refractivity contribution in [2.75, 3.05) is 5.32 Å². The molecule has 0 saturated carbocycles. The van der Waals surface area contributed by atoms with Crippen LogP contribution in [0.4, 0.5) is 5.69 Å². The summed E-state index contributed by atoms with van der Waals surface area (Å²) in [5.41, 5.74) is 1.80. The van der Waals surface area contributed by atoms with Crippen molar-refractivity contribution in [3.63, 3.8) is 0 Å². The number of carbonyl (C=O) groups is 1. The predicted molar refractivity (Wildman–Crippen MR) is 62.6 cm³/mol. The third-order valence-corrected chi connectivity index (χ3v) is 2.39. The van der Waals surface area contributed by atoms with E-state index in [0.717, 1.165) is 5.39 Å². The van der Waals surface area contributed by atoms with E-state index in [0.29, 0.717) is 17.0 Å². The quantitative estimate of drug-likeness (QED) is 0.620. The van der Waals surface area contributed by atoms with Gasteiger partial charge in [0.05, 0.1) is 11.9 Å². The number of H-pyrrole nitrogens is 2. The van der Waals surface area contributed by atoms with E-state index in [1.165, 1.54) is 0 Å². The van der Waals surface area contributed by atoms with Crippen LogP contribution in [0.15, 0.2) is 36.8 Å². The first-order valence-electron chi connectivity index (χ1n) is 5.07. The number of aromatic amines is 2. The number of fused-ring (bicyclic) bond motifs is 1. The van der Waals surface area contributed by atoms with Crippen molar-refractivity contribution in [3.05, 3.63) is 42.5 Å². The molecule has 0 aromatic carbocycles. The van der Waals surface area contributed by atoms with Gasteiger partial charge in [-0.3, -0.25) is 9.89 Å². The first-order valence-corrected chi connectivity index (χ1v) is 5.07. The molecule has 0 fully saturated rings. The molecule has 0 spiro atoms. The Balaban J connectivity index is 1.90. The maximum atomic E-state index is 11.9. The summed E-state index contributed by atoms with van der Waals surface area (Å²) < 4.78 is 0. The van der Waals surface area contributed by atoms with Gasteiger partial charge in [0.25, 0.3) is 5.91 Å². The van der Waals surface area contributed by atoms with E-state index in [9.17, 15) is 4.79 Å². The fraction of sp³-hybridized carbons (Fsp3) is 0. The number of hydrogen-bond acceptors (Lipinski definition) is 3. The highest BCUT2D eigenvalue weighted by Gasteiger charge is 2.10. The minimum atomic E-state index is -0.218. The molecule has 3 aromatic rings. The summed E-state index contributed by atoms with van der Waals surface area (Å²) in [5.74, 6) is -0.218. The lowest BCUT2D eigenvalue weighted by Gasteiger charge is -1.98. The van der Waals surface area contributed by atoms with E-state index in [1.54, 1.807) is 24.7 Å². The number of aromatic nitrogens is 4. The Kier molecular flexibility index (Phi) is 2.11. The molecule has 6 nitrogen and oxygen atoms in total. The summed E-state index contributed by atoms with van der Waals surface area (Å²) >= 11 is 0. The van der Waals surface area contributed by atoms with Crippen molar-refractivity contribution in [2.45, 2.75) is 0 Å². The van der Waals surface area contributed by atoms with Crippen molar-refractivity contribution >= 4 is 22.6 Å². The molecule has 0 bridgehead atoms. The van der Waals surface area contributed by atoms with Crippen molar-refractivity contribution in [1.82, 2.24) is 20.2 Å². The Morgan fingerprint density at radius 1 is 1.41 bits per heavy atom. The number of hydrogen-bond donors (Lipinski definition) is 3. The van der Waals surface area contributed by atoms with Crippen LogP contribution in [-0.4, -0.2) is 26.1 Å². The summed E-state index contributed by atoms with van der Waals surface area (Å²) in [6.45, 7) is 0. The number of nitrogens with zero attached hydrogens (tertiary/aromatic N) is 2. The van der Waals surface area contributed by atoms with Crippen LogP contribution in [0.3, 0.4) is 0 Å². The molecule has 0 saturated heterocycles. The molecule has 0 atom stereocenters. The van der Waals surface area contributed by atoms with E-state index in [1.807, 2.05) is 12.1 Å². The molecule has 0 unspecified atom stereocenters. The molecule has 3 N–H and O–H groups in total. The molecule has 3 aromatic heterocycles. The highest BCUT2D eigenvalue weighted by atomic mass is 16.1. The first-order chi connectivity index (χ1) is 8.33. The summed E-state index contributed by atoms with van der Waals surface area (Å²) in [6, 6.07) is 5.49. The molecule has 0 aliphatic carbocycles. The molecule has 6 heteroatoms. The van der Waals surface area contributed by atoms with Crippen LogP contribution in [0.2, 0.25) is 0 Å². The molecule has 1 amide bonds. The molecular weight excluding hydrogens is 218 g/mol. The second-order valence-corrected chi connectivity index (χ2v) is 3.57. The van der Waals surface area contributed by atoms with Gasteiger partial charge in [0.15, 0.2) is 0 Å². The van der Waals surface area contributed by atoms with Crippen LogP contribution >= 0.6 is 0 Å². The van der Waals surface area contributed by atoms with Gasteiger partial charge in [0, 0.05) is 17.8 Å². The van der Waals surface area contributed by atoms with Crippen LogP contribution in [0, 0.1) is 0 Å². The fourth-order valence-corrected chi connectivity index (χ4v) is 1.60. The van der Waals surface area contributed by atoms with Gasteiger partial charge in [-0.25, -0.2) is 4.98 Å². The lowest BCUT2D eigenvalue weighted by molar-refractivity contribution is 0.102. The van der Waals surface area contributed by atoms with Gasteiger partial charge in [-0.2, -0.15) is 5.10 Å². The Morgan fingerprint density at radius 2 is 2.35 bits per heavy atom. The summed E-state index contributed by atoms with van der Waals surface area (Å²) in [5, 5.41) is 9.99. The van der Waals surface area contributed by atoms with Crippen LogP contribution < -0.4 is 5.32 Å². The number of nitrogens with one attached hydrogen (secondary N) is 3. The maximum Gasteiger partial charge on any atom is 0.272 e. The van der Waals surface area contributed by atoms with Crippen LogP contribution in [0.1, 0.15) is 10.5 Å². The van der Waals surface area contributed by atoms with Gasteiger partial charge >= 0.3 is 0 Å². The standard InChI is InChI=1S/C11H9N5O/c17-11(15-8-5-13-14-6-8)9-4-7-2-1-3-12-10(7)16-9/h1-6H,(H,12,16)(H,13,14)(H,15,17). The van der Waals surface area contributed by atoms with E-state index >= 15 is 0 Å². The van der Waals surface area contributed by atoms with Gasteiger partial charge in [-0.15, -0.1) is 0 Å². The van der Waals surface area contributed by atoms with Crippen LogP contribution in [0.25, 0.3) is 11.0 Å². The van der Waals surface area contributed by atoms with Crippen molar-refractivity contribution in [1.29, 1.82) is 0 Å². The zero-order valence-corrected chi connectivity index (χ0v) is 8.77. The van der Waals surface area contributed by atoms with Crippen LogP contribution in [-0.2, 0) is 0 Å². The number of rotatable bonds is 2. The van der Waals surface area contributed by atoms with Gasteiger partial charge in [0.1, 0.15) is 11.3 Å². The molecule has 0 aliphatic heterocycles. The van der Waals surface area contributed by atoms with Crippen molar-refractivity contribution in [2.24, 2.45) is 0 Å². The monoisotopic (exact) mass is 227 g/mol. The normalized spacial score (nSPS) is 10.6.